The zero-order valence-corrected chi connectivity index (χ0v) is 16.4. The van der Waals surface area contributed by atoms with Crippen molar-refractivity contribution in [1.82, 2.24) is 10.2 Å². The van der Waals surface area contributed by atoms with Crippen LogP contribution in [0.4, 0.5) is 10.1 Å². The number of amides is 2. The van der Waals surface area contributed by atoms with Crippen LogP contribution in [0.5, 0.6) is 0 Å². The van der Waals surface area contributed by atoms with Gasteiger partial charge in [-0.3, -0.25) is 19.7 Å². The summed E-state index contributed by atoms with van der Waals surface area (Å²) in [5, 5.41) is 14.2. The van der Waals surface area contributed by atoms with Crippen LogP contribution in [-0.4, -0.2) is 40.3 Å². The molecule has 1 aliphatic rings. The molecule has 0 spiro atoms. The Balaban J connectivity index is 1.86. The van der Waals surface area contributed by atoms with Crippen LogP contribution in [0.2, 0.25) is 0 Å². The van der Waals surface area contributed by atoms with Gasteiger partial charge in [0.15, 0.2) is 0 Å². The van der Waals surface area contributed by atoms with Gasteiger partial charge >= 0.3 is 0 Å². The van der Waals surface area contributed by atoms with Gasteiger partial charge in [0, 0.05) is 31.5 Å². The molecule has 0 radical (unpaired) electrons. The van der Waals surface area contributed by atoms with E-state index in [-0.39, 0.29) is 36.2 Å². The van der Waals surface area contributed by atoms with E-state index in [0.29, 0.717) is 16.7 Å². The van der Waals surface area contributed by atoms with Gasteiger partial charge in [-0.05, 0) is 37.1 Å². The van der Waals surface area contributed by atoms with Crippen molar-refractivity contribution >= 4 is 17.5 Å². The summed E-state index contributed by atoms with van der Waals surface area (Å²) in [6.07, 6.45) is 0.253. The normalized spacial score (nSPS) is 21.8. The molecule has 2 unspecified atom stereocenters. The smallest absolute Gasteiger partial charge is 0.272 e. The van der Waals surface area contributed by atoms with Gasteiger partial charge in [0.2, 0.25) is 11.8 Å². The number of likely N-dealkylation sites (N-methyl/N-ethyl adjacent to an activating group) is 1. The fraction of sp³-hybridized carbons (Fsp3) is 0.333. The molecule has 8 heteroatoms. The Morgan fingerprint density at radius 3 is 2.48 bits per heavy atom. The topological polar surface area (TPSA) is 92.5 Å². The number of benzene rings is 2. The van der Waals surface area contributed by atoms with Crippen molar-refractivity contribution in [3.8, 4) is 0 Å². The monoisotopic (exact) mass is 399 g/mol. The van der Waals surface area contributed by atoms with E-state index in [4.69, 9.17) is 0 Å². The number of aryl methyl sites for hydroxylation is 1. The van der Waals surface area contributed by atoms with Crippen molar-refractivity contribution in [1.29, 1.82) is 0 Å². The van der Waals surface area contributed by atoms with Crippen LogP contribution < -0.4 is 5.32 Å². The van der Waals surface area contributed by atoms with Gasteiger partial charge in [-0.25, -0.2) is 4.39 Å². The van der Waals surface area contributed by atoms with Crippen molar-refractivity contribution in [3.05, 3.63) is 75.1 Å². The summed E-state index contributed by atoms with van der Waals surface area (Å²) in [6, 6.07) is 9.61. The molecule has 7 nitrogen and oxygen atoms in total. The van der Waals surface area contributed by atoms with Gasteiger partial charge in [-0.15, -0.1) is 0 Å². The van der Waals surface area contributed by atoms with E-state index in [1.54, 1.807) is 38.1 Å². The van der Waals surface area contributed by atoms with Gasteiger partial charge in [0.1, 0.15) is 17.4 Å². The lowest BCUT2D eigenvalue weighted by molar-refractivity contribution is -0.385. The summed E-state index contributed by atoms with van der Waals surface area (Å²) in [6.45, 7) is 3.36. The van der Waals surface area contributed by atoms with Crippen LogP contribution in [0.25, 0.3) is 0 Å². The summed E-state index contributed by atoms with van der Waals surface area (Å²) in [5.74, 6) is -1.06. The third-order valence-electron chi connectivity index (χ3n) is 5.41. The predicted octanol–water partition coefficient (Wildman–Crippen LogP) is 2.54. The van der Waals surface area contributed by atoms with Crippen molar-refractivity contribution in [2.75, 3.05) is 7.05 Å². The molecule has 2 aromatic rings. The molecular weight excluding hydrogens is 377 g/mol. The number of hydrogen-bond donors (Lipinski definition) is 1. The minimum Gasteiger partial charge on any atom is -0.340 e. The summed E-state index contributed by atoms with van der Waals surface area (Å²) in [5.41, 5.74) is 0.576. The van der Waals surface area contributed by atoms with Gasteiger partial charge in [-0.2, -0.15) is 0 Å². The van der Waals surface area contributed by atoms with E-state index in [2.05, 4.69) is 5.32 Å². The molecule has 0 aromatic heterocycles. The van der Waals surface area contributed by atoms with E-state index >= 15 is 0 Å². The second-order valence-corrected chi connectivity index (χ2v) is 7.59. The third kappa shape index (κ3) is 3.96. The Bertz CT molecular complexity index is 976. The Morgan fingerprint density at radius 2 is 1.86 bits per heavy atom. The summed E-state index contributed by atoms with van der Waals surface area (Å²) < 4.78 is 13.1. The molecule has 2 aromatic carbocycles. The van der Waals surface area contributed by atoms with E-state index in [9.17, 15) is 24.1 Å². The highest BCUT2D eigenvalue weighted by atomic mass is 19.1. The second-order valence-electron chi connectivity index (χ2n) is 7.59. The van der Waals surface area contributed by atoms with Gasteiger partial charge in [0.25, 0.3) is 5.69 Å². The lowest BCUT2D eigenvalue weighted by atomic mass is 9.86. The highest BCUT2D eigenvalue weighted by Gasteiger charge is 2.47. The summed E-state index contributed by atoms with van der Waals surface area (Å²) in [4.78, 5) is 38.2. The van der Waals surface area contributed by atoms with Crippen LogP contribution >= 0.6 is 0 Å². The molecule has 1 aliphatic heterocycles. The number of nitro benzene ring substituents is 1. The van der Waals surface area contributed by atoms with Gasteiger partial charge in [-0.1, -0.05) is 24.3 Å². The van der Waals surface area contributed by atoms with Crippen LogP contribution in [0, 0.1) is 22.9 Å². The molecule has 1 heterocycles. The number of nitrogens with zero attached hydrogens (tertiary/aromatic N) is 2. The lowest BCUT2D eigenvalue weighted by Crippen LogP contribution is -2.69. The first-order valence-electron chi connectivity index (χ1n) is 9.19. The summed E-state index contributed by atoms with van der Waals surface area (Å²) in [7, 11) is 1.53. The molecule has 2 atom stereocenters. The van der Waals surface area contributed by atoms with Gasteiger partial charge in [0.05, 0.1) is 4.92 Å². The third-order valence-corrected chi connectivity index (χ3v) is 5.41. The zero-order chi connectivity index (χ0) is 21.3. The SMILES string of the molecule is Cc1cccc([N+](=O)[O-])c1CC1C(=O)NC(C)(Cc2ccc(F)cc2)C(=O)N1C. The van der Waals surface area contributed by atoms with Crippen LogP contribution in [0.3, 0.4) is 0 Å². The molecule has 1 fully saturated rings. The molecule has 0 saturated carbocycles. The Labute approximate surface area is 167 Å². The maximum atomic E-state index is 13.1. The van der Waals surface area contributed by atoms with Crippen LogP contribution in [-0.2, 0) is 22.4 Å². The fourth-order valence-corrected chi connectivity index (χ4v) is 3.79. The molecule has 0 bridgehead atoms. The van der Waals surface area contributed by atoms with Crippen molar-refractivity contribution in [2.45, 2.75) is 38.3 Å². The van der Waals surface area contributed by atoms with Crippen LogP contribution in [0.15, 0.2) is 42.5 Å². The minimum atomic E-state index is -1.18. The van der Waals surface area contributed by atoms with Crippen molar-refractivity contribution in [2.24, 2.45) is 0 Å². The number of carbonyl (C=O) groups excluding carboxylic acids is 2. The fourth-order valence-electron chi connectivity index (χ4n) is 3.79. The molecule has 2 amide bonds. The highest BCUT2D eigenvalue weighted by Crippen LogP contribution is 2.28. The maximum absolute atomic E-state index is 13.1. The van der Waals surface area contributed by atoms with E-state index in [1.165, 1.54) is 30.1 Å². The Hall–Kier alpha value is -3.29. The first-order chi connectivity index (χ1) is 13.6. The molecular formula is C21H22FN3O4. The number of rotatable bonds is 5. The molecule has 3 rings (SSSR count). The molecule has 152 valence electrons. The quantitative estimate of drug-likeness (QED) is 0.618. The Morgan fingerprint density at radius 1 is 1.21 bits per heavy atom. The summed E-state index contributed by atoms with van der Waals surface area (Å²) >= 11 is 0. The van der Waals surface area contributed by atoms with Crippen molar-refractivity contribution < 1.29 is 18.9 Å². The number of carbonyl (C=O) groups is 2. The van der Waals surface area contributed by atoms with Crippen LogP contribution in [0.1, 0.15) is 23.6 Å². The molecule has 1 N–H and O–H groups in total. The maximum Gasteiger partial charge on any atom is 0.272 e. The average molecular weight is 399 g/mol. The van der Waals surface area contributed by atoms with Gasteiger partial charge < -0.3 is 10.2 Å². The largest absolute Gasteiger partial charge is 0.340 e. The predicted molar refractivity (Wildman–Crippen MR) is 105 cm³/mol. The lowest BCUT2D eigenvalue weighted by Gasteiger charge is -2.43. The minimum absolute atomic E-state index is 0.0453. The second kappa shape index (κ2) is 7.62. The molecule has 0 aliphatic carbocycles. The van der Waals surface area contributed by atoms with Crippen molar-refractivity contribution in [3.63, 3.8) is 0 Å². The number of nitrogens with one attached hydrogen (secondary N) is 1. The molecule has 1 saturated heterocycles. The molecule has 29 heavy (non-hydrogen) atoms. The standard InChI is InChI=1S/C21H22FN3O4/c1-13-5-4-6-17(25(28)29)16(13)11-18-19(26)23-21(2,20(27)24(18)3)12-14-7-9-15(22)10-8-14/h4-10,18H,11-12H2,1-3H3,(H,23,26). The highest BCUT2D eigenvalue weighted by molar-refractivity contribution is 5.99. The number of hydrogen-bond acceptors (Lipinski definition) is 4. The first-order valence-corrected chi connectivity index (χ1v) is 9.19. The number of piperazine rings is 1. The number of halogens is 1. The number of nitro groups is 1. The average Bonchev–Trinajstić information content (AvgIpc) is 2.66. The van der Waals surface area contributed by atoms with E-state index in [0.717, 1.165) is 0 Å². The first kappa shape index (κ1) is 20.4. The zero-order valence-electron chi connectivity index (χ0n) is 16.4. The van der Waals surface area contributed by atoms with E-state index in [1.807, 2.05) is 0 Å². The Kier molecular flexibility index (Phi) is 5.37. The van der Waals surface area contributed by atoms with E-state index < -0.39 is 16.5 Å².